The first-order valence-corrected chi connectivity index (χ1v) is 7.74. The van der Waals surface area contributed by atoms with Crippen molar-refractivity contribution in [3.05, 3.63) is 28.7 Å². The molecule has 2 nitrogen and oxygen atoms in total. The Hall–Kier alpha value is -0.480. The van der Waals surface area contributed by atoms with Crippen molar-refractivity contribution in [2.24, 2.45) is 0 Å². The minimum absolute atomic E-state index is 0.776. The van der Waals surface area contributed by atoms with E-state index in [2.05, 4.69) is 33.0 Å². The Morgan fingerprint density at radius 1 is 1.18 bits per heavy atom. The maximum absolute atomic E-state index is 8.07. The molecule has 17 heavy (non-hydrogen) atoms. The van der Waals surface area contributed by atoms with Gasteiger partial charge in [-0.15, -0.1) is 11.8 Å². The van der Waals surface area contributed by atoms with Crippen LogP contribution in [0.25, 0.3) is 0 Å². The van der Waals surface area contributed by atoms with E-state index in [-0.39, 0.29) is 0 Å². The fraction of sp³-hybridized carbons (Fsp3) is 0.462. The standard InChI is InChI=1S/C13H17BrN2S/c14-11-4-6-12(7-5-11)17-10-13(15)16-8-2-1-3-9-16/h4-7,15H,1-3,8-10H2. The van der Waals surface area contributed by atoms with Crippen molar-refractivity contribution in [2.75, 3.05) is 18.8 Å². The highest BCUT2D eigenvalue weighted by molar-refractivity contribution is 9.10. The van der Waals surface area contributed by atoms with E-state index in [1.54, 1.807) is 11.8 Å². The molecule has 1 saturated heterocycles. The lowest BCUT2D eigenvalue weighted by atomic mass is 10.1. The van der Waals surface area contributed by atoms with Crippen molar-refractivity contribution >= 4 is 33.5 Å². The van der Waals surface area contributed by atoms with E-state index in [1.807, 2.05) is 12.1 Å². The summed E-state index contributed by atoms with van der Waals surface area (Å²) in [7, 11) is 0. The first-order valence-electron chi connectivity index (χ1n) is 5.96. The smallest absolute Gasteiger partial charge is 0.106 e. The van der Waals surface area contributed by atoms with Gasteiger partial charge < -0.3 is 4.90 Å². The highest BCUT2D eigenvalue weighted by Gasteiger charge is 2.13. The molecule has 0 amide bonds. The third kappa shape index (κ3) is 4.03. The van der Waals surface area contributed by atoms with Crippen LogP contribution in [0.15, 0.2) is 33.6 Å². The SMILES string of the molecule is N=C(CSc1ccc(Br)cc1)N1CCCCC1. The van der Waals surface area contributed by atoms with Gasteiger partial charge in [0.05, 0.1) is 5.75 Å². The van der Waals surface area contributed by atoms with E-state index < -0.39 is 0 Å². The monoisotopic (exact) mass is 312 g/mol. The van der Waals surface area contributed by atoms with Crippen LogP contribution in [0.1, 0.15) is 19.3 Å². The number of thioether (sulfide) groups is 1. The predicted molar refractivity (Wildman–Crippen MR) is 78.0 cm³/mol. The zero-order chi connectivity index (χ0) is 12.1. The van der Waals surface area contributed by atoms with Crippen LogP contribution < -0.4 is 0 Å². The molecule has 1 aliphatic heterocycles. The number of amidine groups is 1. The lowest BCUT2D eigenvalue weighted by Crippen LogP contribution is -2.36. The summed E-state index contributed by atoms with van der Waals surface area (Å²) in [4.78, 5) is 3.45. The van der Waals surface area contributed by atoms with Crippen molar-refractivity contribution in [1.82, 2.24) is 4.90 Å². The summed E-state index contributed by atoms with van der Waals surface area (Å²) < 4.78 is 1.10. The maximum Gasteiger partial charge on any atom is 0.106 e. The maximum atomic E-state index is 8.07. The summed E-state index contributed by atoms with van der Waals surface area (Å²) in [5.74, 6) is 1.55. The Bertz CT molecular complexity index is 372. The number of nitrogens with zero attached hydrogens (tertiary/aromatic N) is 1. The van der Waals surface area contributed by atoms with E-state index in [0.717, 1.165) is 29.2 Å². The first-order chi connectivity index (χ1) is 8.25. The Morgan fingerprint density at radius 2 is 1.82 bits per heavy atom. The van der Waals surface area contributed by atoms with E-state index >= 15 is 0 Å². The van der Waals surface area contributed by atoms with Gasteiger partial charge in [0, 0.05) is 22.5 Å². The summed E-state index contributed by atoms with van der Waals surface area (Å²) in [6.07, 6.45) is 3.81. The third-order valence-corrected chi connectivity index (χ3v) is 4.48. The molecule has 0 saturated carbocycles. The quantitative estimate of drug-likeness (QED) is 0.519. The molecule has 0 aromatic heterocycles. The van der Waals surface area contributed by atoms with Crippen LogP contribution in [-0.4, -0.2) is 29.6 Å². The average molecular weight is 313 g/mol. The molecular weight excluding hydrogens is 296 g/mol. The van der Waals surface area contributed by atoms with Crippen LogP contribution >= 0.6 is 27.7 Å². The van der Waals surface area contributed by atoms with Crippen molar-refractivity contribution in [1.29, 1.82) is 5.41 Å². The molecule has 2 rings (SSSR count). The third-order valence-electron chi connectivity index (χ3n) is 2.93. The molecule has 0 unspecified atom stereocenters. The molecule has 1 aliphatic rings. The molecule has 4 heteroatoms. The summed E-state index contributed by atoms with van der Waals surface area (Å²) >= 11 is 5.17. The van der Waals surface area contributed by atoms with E-state index in [0.29, 0.717) is 0 Å². The van der Waals surface area contributed by atoms with Crippen molar-refractivity contribution in [2.45, 2.75) is 24.2 Å². The summed E-state index contributed by atoms with van der Waals surface area (Å²) in [6, 6.07) is 8.29. The highest BCUT2D eigenvalue weighted by atomic mass is 79.9. The van der Waals surface area contributed by atoms with Gasteiger partial charge in [-0.1, -0.05) is 15.9 Å². The van der Waals surface area contributed by atoms with Gasteiger partial charge in [0.2, 0.25) is 0 Å². The summed E-state index contributed by atoms with van der Waals surface area (Å²) in [5, 5.41) is 8.07. The second-order valence-electron chi connectivity index (χ2n) is 4.24. The van der Waals surface area contributed by atoms with Gasteiger partial charge in [0.1, 0.15) is 5.84 Å². The van der Waals surface area contributed by atoms with Gasteiger partial charge in [-0.3, -0.25) is 5.41 Å². The van der Waals surface area contributed by atoms with Gasteiger partial charge in [-0.05, 0) is 43.5 Å². The zero-order valence-corrected chi connectivity index (χ0v) is 12.2. The molecule has 1 fully saturated rings. The Kier molecular flexibility index (Phi) is 4.92. The number of halogens is 1. The van der Waals surface area contributed by atoms with Gasteiger partial charge in [0.15, 0.2) is 0 Å². The van der Waals surface area contributed by atoms with Gasteiger partial charge in [-0.2, -0.15) is 0 Å². The Labute approximate surface area is 115 Å². The fourth-order valence-electron chi connectivity index (χ4n) is 1.94. The largest absolute Gasteiger partial charge is 0.360 e. The van der Waals surface area contributed by atoms with E-state index in [1.165, 1.54) is 24.2 Å². The Morgan fingerprint density at radius 3 is 2.47 bits per heavy atom. The molecule has 0 atom stereocenters. The topological polar surface area (TPSA) is 27.1 Å². The number of nitrogens with one attached hydrogen (secondary N) is 1. The molecule has 92 valence electrons. The number of rotatable bonds is 3. The number of likely N-dealkylation sites (tertiary alicyclic amines) is 1. The Balaban J connectivity index is 1.81. The second-order valence-corrected chi connectivity index (χ2v) is 6.20. The average Bonchev–Trinajstić information content (AvgIpc) is 2.39. The predicted octanol–water partition coefficient (Wildman–Crippen LogP) is 4.00. The molecule has 1 aromatic rings. The van der Waals surface area contributed by atoms with Crippen molar-refractivity contribution < 1.29 is 0 Å². The molecule has 1 heterocycles. The molecule has 0 aliphatic carbocycles. The summed E-state index contributed by atoms with van der Waals surface area (Å²) in [6.45, 7) is 2.14. The molecule has 0 radical (unpaired) electrons. The van der Waals surface area contributed by atoms with Crippen LogP contribution in [0.5, 0.6) is 0 Å². The lowest BCUT2D eigenvalue weighted by molar-refractivity contribution is 0.339. The highest BCUT2D eigenvalue weighted by Crippen LogP contribution is 2.21. The van der Waals surface area contributed by atoms with Crippen LogP contribution in [0.4, 0.5) is 0 Å². The van der Waals surface area contributed by atoms with Gasteiger partial charge in [-0.25, -0.2) is 0 Å². The van der Waals surface area contributed by atoms with Crippen LogP contribution in [0.3, 0.4) is 0 Å². The van der Waals surface area contributed by atoms with Gasteiger partial charge in [0.25, 0.3) is 0 Å². The molecular formula is C13H17BrN2S. The van der Waals surface area contributed by atoms with E-state index in [4.69, 9.17) is 5.41 Å². The van der Waals surface area contributed by atoms with Crippen molar-refractivity contribution in [3.63, 3.8) is 0 Å². The number of benzene rings is 1. The molecule has 1 N–H and O–H groups in total. The van der Waals surface area contributed by atoms with Crippen molar-refractivity contribution in [3.8, 4) is 0 Å². The normalized spacial score (nSPS) is 15.9. The number of hydrogen-bond donors (Lipinski definition) is 1. The number of piperidine rings is 1. The molecule has 0 spiro atoms. The molecule has 1 aromatic carbocycles. The lowest BCUT2D eigenvalue weighted by Gasteiger charge is -2.28. The minimum Gasteiger partial charge on any atom is -0.360 e. The second kappa shape index (κ2) is 6.45. The molecule has 0 bridgehead atoms. The van der Waals surface area contributed by atoms with E-state index in [9.17, 15) is 0 Å². The van der Waals surface area contributed by atoms with Crippen LogP contribution in [0.2, 0.25) is 0 Å². The fourth-order valence-corrected chi connectivity index (χ4v) is 3.02. The minimum atomic E-state index is 0.776. The first kappa shape index (κ1) is 13.0. The number of hydrogen-bond acceptors (Lipinski definition) is 2. The zero-order valence-electron chi connectivity index (χ0n) is 9.79. The van der Waals surface area contributed by atoms with Crippen LogP contribution in [0, 0.1) is 5.41 Å². The summed E-state index contributed by atoms with van der Waals surface area (Å²) in [5.41, 5.74) is 0. The van der Waals surface area contributed by atoms with Gasteiger partial charge >= 0.3 is 0 Å². The van der Waals surface area contributed by atoms with Crippen LogP contribution in [-0.2, 0) is 0 Å².